The molecule has 0 atom stereocenters. The van der Waals surface area contributed by atoms with E-state index in [2.05, 4.69) is 10.3 Å². The first-order valence-corrected chi connectivity index (χ1v) is 11.0. The van der Waals surface area contributed by atoms with Gasteiger partial charge < -0.3 is 10.3 Å². The predicted molar refractivity (Wildman–Crippen MR) is 113 cm³/mol. The molecule has 0 unspecified atom stereocenters. The average Bonchev–Trinajstić information content (AvgIpc) is 3.03. The number of hydrogen-bond donors (Lipinski definition) is 2. The van der Waals surface area contributed by atoms with Crippen molar-refractivity contribution in [2.24, 2.45) is 0 Å². The number of sulfonamides is 1. The molecule has 0 radical (unpaired) electrons. The Balaban J connectivity index is 1.68. The molecule has 0 saturated carbocycles. The number of para-hydroxylation sites is 2. The molecule has 7 heteroatoms. The van der Waals surface area contributed by atoms with Crippen LogP contribution in [0.1, 0.15) is 16.7 Å². The second kappa shape index (κ2) is 8.06. The monoisotopic (exact) mass is 399 g/mol. The fraction of sp³-hybridized carbons (Fsp3) is 0.286. The summed E-state index contributed by atoms with van der Waals surface area (Å²) in [6.45, 7) is 3.88. The smallest absolute Gasteiger partial charge is 0.240 e. The van der Waals surface area contributed by atoms with Gasteiger partial charge in [0.1, 0.15) is 6.54 Å². The Hall–Kier alpha value is -2.80. The van der Waals surface area contributed by atoms with Crippen LogP contribution in [0.3, 0.4) is 0 Å². The van der Waals surface area contributed by atoms with Gasteiger partial charge in [-0.1, -0.05) is 36.4 Å². The van der Waals surface area contributed by atoms with E-state index in [4.69, 9.17) is 0 Å². The normalized spacial score (nSPS) is 11.5. The molecule has 148 valence electrons. The number of rotatable bonds is 7. The summed E-state index contributed by atoms with van der Waals surface area (Å²) in [5.41, 5.74) is 4.37. The largest absolute Gasteiger partial charge is 0.361 e. The Bertz CT molecular complexity index is 1080. The van der Waals surface area contributed by atoms with Crippen molar-refractivity contribution in [3.63, 3.8) is 0 Å². The van der Waals surface area contributed by atoms with Gasteiger partial charge in [-0.3, -0.25) is 9.10 Å². The zero-order valence-electron chi connectivity index (χ0n) is 16.3. The Morgan fingerprint density at radius 2 is 1.75 bits per heavy atom. The fourth-order valence-electron chi connectivity index (χ4n) is 3.42. The van der Waals surface area contributed by atoms with Gasteiger partial charge in [0.15, 0.2) is 0 Å². The van der Waals surface area contributed by atoms with Crippen LogP contribution in [0.4, 0.5) is 5.69 Å². The number of H-pyrrole nitrogens is 1. The van der Waals surface area contributed by atoms with Gasteiger partial charge in [0.05, 0.1) is 11.9 Å². The predicted octanol–water partition coefficient (Wildman–Crippen LogP) is 2.91. The third kappa shape index (κ3) is 4.36. The molecular weight excluding hydrogens is 374 g/mol. The lowest BCUT2D eigenvalue weighted by Gasteiger charge is -2.25. The molecule has 0 spiro atoms. The van der Waals surface area contributed by atoms with Gasteiger partial charge in [-0.25, -0.2) is 8.42 Å². The first-order valence-electron chi connectivity index (χ1n) is 9.13. The van der Waals surface area contributed by atoms with E-state index in [1.54, 1.807) is 0 Å². The van der Waals surface area contributed by atoms with Crippen LogP contribution in [-0.4, -0.2) is 38.7 Å². The van der Waals surface area contributed by atoms with E-state index < -0.39 is 10.0 Å². The minimum Gasteiger partial charge on any atom is -0.361 e. The van der Waals surface area contributed by atoms with Crippen molar-refractivity contribution in [3.05, 3.63) is 65.4 Å². The molecule has 1 aromatic heterocycles. The SMILES string of the molecule is Cc1cccc(C)c1N(CC(=O)NCCc1c[nH]c2ccccc12)S(C)(=O)=O. The maximum atomic E-state index is 12.5. The van der Waals surface area contributed by atoms with Crippen LogP contribution in [0.25, 0.3) is 10.9 Å². The Morgan fingerprint density at radius 3 is 2.43 bits per heavy atom. The van der Waals surface area contributed by atoms with E-state index in [0.717, 1.165) is 33.8 Å². The third-order valence-electron chi connectivity index (χ3n) is 4.77. The van der Waals surface area contributed by atoms with Gasteiger partial charge in [0.2, 0.25) is 15.9 Å². The van der Waals surface area contributed by atoms with Crippen molar-refractivity contribution in [1.82, 2.24) is 10.3 Å². The number of hydrogen-bond acceptors (Lipinski definition) is 3. The van der Waals surface area contributed by atoms with E-state index in [-0.39, 0.29) is 12.5 Å². The van der Waals surface area contributed by atoms with Crippen LogP contribution in [0.5, 0.6) is 0 Å². The van der Waals surface area contributed by atoms with Crippen molar-refractivity contribution < 1.29 is 13.2 Å². The molecule has 2 N–H and O–H groups in total. The Kier molecular flexibility index (Phi) is 5.74. The van der Waals surface area contributed by atoms with Gasteiger partial charge >= 0.3 is 0 Å². The molecular formula is C21H25N3O3S. The second-order valence-corrected chi connectivity index (χ2v) is 8.88. The molecule has 1 amide bonds. The molecule has 0 aliphatic heterocycles. The third-order valence-corrected chi connectivity index (χ3v) is 5.88. The lowest BCUT2D eigenvalue weighted by Crippen LogP contribution is -2.41. The van der Waals surface area contributed by atoms with Crippen LogP contribution >= 0.6 is 0 Å². The number of fused-ring (bicyclic) bond motifs is 1. The van der Waals surface area contributed by atoms with E-state index in [1.807, 2.05) is 62.5 Å². The summed E-state index contributed by atoms with van der Waals surface area (Å²) in [6.07, 6.45) is 3.73. The van der Waals surface area contributed by atoms with Crippen LogP contribution in [0, 0.1) is 13.8 Å². The number of anilines is 1. The van der Waals surface area contributed by atoms with Gasteiger partial charge in [-0.05, 0) is 43.0 Å². The molecule has 2 aromatic carbocycles. The molecule has 0 fully saturated rings. The maximum absolute atomic E-state index is 12.5. The number of nitrogens with one attached hydrogen (secondary N) is 2. The van der Waals surface area contributed by atoms with Gasteiger partial charge in [0, 0.05) is 23.6 Å². The van der Waals surface area contributed by atoms with Crippen molar-refractivity contribution >= 4 is 32.5 Å². The zero-order chi connectivity index (χ0) is 20.3. The van der Waals surface area contributed by atoms with E-state index in [9.17, 15) is 13.2 Å². The average molecular weight is 400 g/mol. The molecule has 0 saturated heterocycles. The number of aromatic amines is 1. The maximum Gasteiger partial charge on any atom is 0.240 e. The van der Waals surface area contributed by atoms with E-state index in [1.165, 1.54) is 4.31 Å². The molecule has 28 heavy (non-hydrogen) atoms. The first-order chi connectivity index (χ1) is 13.3. The molecule has 6 nitrogen and oxygen atoms in total. The molecule has 3 aromatic rings. The summed E-state index contributed by atoms with van der Waals surface area (Å²) in [5, 5.41) is 3.97. The molecule has 3 rings (SSSR count). The van der Waals surface area contributed by atoms with Crippen molar-refractivity contribution in [2.75, 3.05) is 23.7 Å². The fourth-order valence-corrected chi connectivity index (χ4v) is 4.39. The molecule has 0 aliphatic carbocycles. The molecule has 0 bridgehead atoms. The number of nitrogens with zero attached hydrogens (tertiary/aromatic N) is 1. The number of benzene rings is 2. The summed E-state index contributed by atoms with van der Waals surface area (Å²) in [6, 6.07) is 13.5. The lowest BCUT2D eigenvalue weighted by atomic mass is 10.1. The number of carbonyl (C=O) groups is 1. The summed E-state index contributed by atoms with van der Waals surface area (Å²) in [7, 11) is -3.59. The van der Waals surface area contributed by atoms with Gasteiger partial charge in [-0.15, -0.1) is 0 Å². The summed E-state index contributed by atoms with van der Waals surface area (Å²) in [5.74, 6) is -0.326. The highest BCUT2D eigenvalue weighted by Crippen LogP contribution is 2.26. The van der Waals surface area contributed by atoms with Crippen molar-refractivity contribution in [3.8, 4) is 0 Å². The topological polar surface area (TPSA) is 82.3 Å². The summed E-state index contributed by atoms with van der Waals surface area (Å²) >= 11 is 0. The molecule has 1 heterocycles. The highest BCUT2D eigenvalue weighted by molar-refractivity contribution is 7.92. The highest BCUT2D eigenvalue weighted by atomic mass is 32.2. The number of amides is 1. The quantitative estimate of drug-likeness (QED) is 0.641. The van der Waals surface area contributed by atoms with Crippen LogP contribution in [-0.2, 0) is 21.2 Å². The van der Waals surface area contributed by atoms with Crippen LogP contribution in [0.15, 0.2) is 48.7 Å². The van der Waals surface area contributed by atoms with E-state index >= 15 is 0 Å². The van der Waals surface area contributed by atoms with Gasteiger partial charge in [0.25, 0.3) is 0 Å². The first kappa shape index (κ1) is 19.9. The highest BCUT2D eigenvalue weighted by Gasteiger charge is 2.23. The van der Waals surface area contributed by atoms with Crippen molar-refractivity contribution in [2.45, 2.75) is 20.3 Å². The van der Waals surface area contributed by atoms with Crippen molar-refractivity contribution in [1.29, 1.82) is 0 Å². The van der Waals surface area contributed by atoms with E-state index in [0.29, 0.717) is 18.7 Å². The minimum absolute atomic E-state index is 0.238. The minimum atomic E-state index is -3.59. The summed E-state index contributed by atoms with van der Waals surface area (Å²) in [4.78, 5) is 15.7. The Labute approximate surface area is 165 Å². The second-order valence-electron chi connectivity index (χ2n) is 6.97. The Morgan fingerprint density at radius 1 is 1.07 bits per heavy atom. The standard InChI is InChI=1S/C21H25N3O3S/c1-15-7-6-8-16(2)21(15)24(28(3,26)27)14-20(25)22-12-11-17-13-23-19-10-5-4-9-18(17)19/h4-10,13,23H,11-12,14H2,1-3H3,(H,22,25). The van der Waals surface area contributed by atoms with Gasteiger partial charge in [-0.2, -0.15) is 0 Å². The zero-order valence-corrected chi connectivity index (χ0v) is 17.1. The lowest BCUT2D eigenvalue weighted by molar-refractivity contribution is -0.119. The van der Waals surface area contributed by atoms with Crippen LogP contribution < -0.4 is 9.62 Å². The number of carbonyl (C=O) groups excluding carboxylic acids is 1. The molecule has 0 aliphatic rings. The van der Waals surface area contributed by atoms with Crippen LogP contribution in [0.2, 0.25) is 0 Å². The summed E-state index contributed by atoms with van der Waals surface area (Å²) < 4.78 is 25.8. The number of aromatic nitrogens is 1. The number of aryl methyl sites for hydroxylation is 2.